The minimum Gasteiger partial charge on any atom is -0.369 e. The Hall–Kier alpha value is -0.950. The highest BCUT2D eigenvalue weighted by Gasteiger charge is 2.42. The Bertz CT molecular complexity index is 620. The third kappa shape index (κ3) is 4.76. The van der Waals surface area contributed by atoms with Crippen LogP contribution in [0.5, 0.6) is 0 Å². The standard InChI is InChI=1S/C17H26N2O3S/c1-23(20,21)18-12-16-8-5-9-17(22-16)10-11-19(14-17)13-15-6-3-2-4-7-15/h2-4,6-7,16,18H,5,8-14H2,1H3/t16-,17+/m0/s1. The Morgan fingerprint density at radius 3 is 2.83 bits per heavy atom. The van der Waals surface area contributed by atoms with Gasteiger partial charge >= 0.3 is 0 Å². The van der Waals surface area contributed by atoms with Gasteiger partial charge in [0.2, 0.25) is 10.0 Å². The van der Waals surface area contributed by atoms with Crippen molar-refractivity contribution in [3.05, 3.63) is 35.9 Å². The molecule has 2 heterocycles. The Kier molecular flexibility index (Phi) is 5.06. The van der Waals surface area contributed by atoms with Gasteiger partial charge < -0.3 is 4.74 Å². The van der Waals surface area contributed by atoms with E-state index in [4.69, 9.17) is 4.74 Å². The summed E-state index contributed by atoms with van der Waals surface area (Å²) in [5, 5.41) is 0. The number of benzene rings is 1. The number of sulfonamides is 1. The van der Waals surface area contributed by atoms with E-state index >= 15 is 0 Å². The van der Waals surface area contributed by atoms with Crippen molar-refractivity contribution in [2.75, 3.05) is 25.9 Å². The van der Waals surface area contributed by atoms with Gasteiger partial charge in [0.05, 0.1) is 18.0 Å². The lowest BCUT2D eigenvalue weighted by Gasteiger charge is -2.38. The highest BCUT2D eigenvalue weighted by Crippen LogP contribution is 2.37. The van der Waals surface area contributed by atoms with Crippen LogP contribution in [-0.4, -0.2) is 50.9 Å². The van der Waals surface area contributed by atoms with Crippen LogP contribution in [0.4, 0.5) is 0 Å². The summed E-state index contributed by atoms with van der Waals surface area (Å²) in [5.41, 5.74) is 1.24. The van der Waals surface area contributed by atoms with Gasteiger partial charge in [-0.1, -0.05) is 30.3 Å². The van der Waals surface area contributed by atoms with Crippen molar-refractivity contribution in [2.24, 2.45) is 0 Å². The van der Waals surface area contributed by atoms with Crippen molar-refractivity contribution in [3.63, 3.8) is 0 Å². The van der Waals surface area contributed by atoms with Crippen molar-refractivity contribution in [3.8, 4) is 0 Å². The quantitative estimate of drug-likeness (QED) is 0.889. The third-order valence-electron chi connectivity index (χ3n) is 4.79. The molecular weight excluding hydrogens is 312 g/mol. The average Bonchev–Trinajstić information content (AvgIpc) is 2.88. The Morgan fingerprint density at radius 1 is 1.30 bits per heavy atom. The van der Waals surface area contributed by atoms with Crippen LogP contribution in [0.1, 0.15) is 31.2 Å². The molecule has 2 aliphatic rings. The van der Waals surface area contributed by atoms with Gasteiger partial charge in [0.15, 0.2) is 0 Å². The van der Waals surface area contributed by atoms with Gasteiger partial charge in [0, 0.05) is 26.2 Å². The molecule has 2 fully saturated rings. The molecule has 6 heteroatoms. The van der Waals surface area contributed by atoms with Gasteiger partial charge in [-0.15, -0.1) is 0 Å². The molecule has 0 bridgehead atoms. The fraction of sp³-hybridized carbons (Fsp3) is 0.647. The Morgan fingerprint density at radius 2 is 2.09 bits per heavy atom. The summed E-state index contributed by atoms with van der Waals surface area (Å²) < 4.78 is 31.4. The van der Waals surface area contributed by atoms with Crippen LogP contribution in [0.3, 0.4) is 0 Å². The number of nitrogens with one attached hydrogen (secondary N) is 1. The largest absolute Gasteiger partial charge is 0.369 e. The zero-order chi connectivity index (χ0) is 16.3. The molecular formula is C17H26N2O3S. The van der Waals surface area contributed by atoms with Crippen molar-refractivity contribution in [1.29, 1.82) is 0 Å². The fourth-order valence-electron chi connectivity index (χ4n) is 3.72. The van der Waals surface area contributed by atoms with Crippen molar-refractivity contribution in [1.82, 2.24) is 9.62 Å². The summed E-state index contributed by atoms with van der Waals surface area (Å²) in [5.74, 6) is 0. The van der Waals surface area contributed by atoms with Gasteiger partial charge in [0.1, 0.15) is 0 Å². The molecule has 1 aromatic rings. The lowest BCUT2D eigenvalue weighted by atomic mass is 9.90. The van der Waals surface area contributed by atoms with Crippen molar-refractivity contribution in [2.45, 2.75) is 43.9 Å². The predicted octanol–water partition coefficient (Wildman–Crippen LogP) is 1.75. The first-order chi connectivity index (χ1) is 10.9. The lowest BCUT2D eigenvalue weighted by molar-refractivity contribution is -0.118. The molecule has 2 atom stereocenters. The molecule has 2 saturated heterocycles. The molecule has 23 heavy (non-hydrogen) atoms. The highest BCUT2D eigenvalue weighted by atomic mass is 32.2. The summed E-state index contributed by atoms with van der Waals surface area (Å²) in [6.45, 7) is 3.33. The first-order valence-electron chi connectivity index (χ1n) is 8.33. The van der Waals surface area contributed by atoms with Gasteiger partial charge in [-0.2, -0.15) is 0 Å². The first kappa shape index (κ1) is 16.9. The molecule has 5 nitrogen and oxygen atoms in total. The number of nitrogens with zero attached hydrogens (tertiary/aromatic N) is 1. The Balaban J connectivity index is 1.55. The van der Waals surface area contributed by atoms with E-state index in [2.05, 4.69) is 33.9 Å². The van der Waals surface area contributed by atoms with Crippen LogP contribution in [0.15, 0.2) is 30.3 Å². The van der Waals surface area contributed by atoms with Gasteiger partial charge in [-0.25, -0.2) is 13.1 Å². The van der Waals surface area contributed by atoms with Crippen LogP contribution in [0, 0.1) is 0 Å². The zero-order valence-corrected chi connectivity index (χ0v) is 14.5. The normalized spacial score (nSPS) is 29.2. The molecule has 0 unspecified atom stereocenters. The van der Waals surface area contributed by atoms with Crippen molar-refractivity contribution < 1.29 is 13.2 Å². The molecule has 1 N–H and O–H groups in total. The maximum Gasteiger partial charge on any atom is 0.208 e. The summed E-state index contributed by atoms with van der Waals surface area (Å²) in [7, 11) is -3.15. The second-order valence-corrected chi connectivity index (χ2v) is 8.71. The summed E-state index contributed by atoms with van der Waals surface area (Å²) in [6, 6.07) is 10.5. The minimum absolute atomic E-state index is 0.00449. The molecule has 2 aliphatic heterocycles. The number of ether oxygens (including phenoxy) is 1. The first-order valence-corrected chi connectivity index (χ1v) is 10.2. The van der Waals surface area contributed by atoms with Crippen molar-refractivity contribution >= 4 is 10.0 Å². The molecule has 0 aliphatic carbocycles. The van der Waals surface area contributed by atoms with E-state index in [1.807, 2.05) is 6.07 Å². The topological polar surface area (TPSA) is 58.6 Å². The van der Waals surface area contributed by atoms with Gasteiger partial charge in [-0.05, 0) is 31.2 Å². The summed E-state index contributed by atoms with van der Waals surface area (Å²) in [4.78, 5) is 2.45. The van der Waals surface area contributed by atoms with E-state index in [1.165, 1.54) is 11.8 Å². The molecule has 0 saturated carbocycles. The molecule has 1 spiro atoms. The smallest absolute Gasteiger partial charge is 0.208 e. The van der Waals surface area contributed by atoms with E-state index in [9.17, 15) is 8.42 Å². The lowest BCUT2D eigenvalue weighted by Crippen LogP contribution is -2.46. The van der Waals surface area contributed by atoms with Gasteiger partial charge in [-0.3, -0.25) is 4.90 Å². The number of hydrogen-bond donors (Lipinski definition) is 1. The highest BCUT2D eigenvalue weighted by molar-refractivity contribution is 7.88. The summed E-state index contributed by atoms with van der Waals surface area (Å²) in [6.07, 6.45) is 5.35. The second-order valence-electron chi connectivity index (χ2n) is 6.88. The van der Waals surface area contributed by atoms with Gasteiger partial charge in [0.25, 0.3) is 0 Å². The SMILES string of the molecule is CS(=O)(=O)NC[C@@H]1CCC[C@]2(CCN(Cc3ccccc3)C2)O1. The van der Waals surface area contributed by atoms with E-state index in [1.54, 1.807) is 0 Å². The monoisotopic (exact) mass is 338 g/mol. The number of hydrogen-bond acceptors (Lipinski definition) is 4. The second kappa shape index (κ2) is 6.89. The Labute approximate surface area is 139 Å². The maximum atomic E-state index is 11.3. The van der Waals surface area contributed by atoms with E-state index in [-0.39, 0.29) is 11.7 Å². The maximum absolute atomic E-state index is 11.3. The number of rotatable bonds is 5. The average molecular weight is 338 g/mol. The number of likely N-dealkylation sites (tertiary alicyclic amines) is 1. The zero-order valence-electron chi connectivity index (χ0n) is 13.7. The predicted molar refractivity (Wildman–Crippen MR) is 90.6 cm³/mol. The molecule has 3 rings (SSSR count). The van der Waals surface area contributed by atoms with E-state index in [0.29, 0.717) is 6.54 Å². The van der Waals surface area contributed by atoms with Crippen LogP contribution in [-0.2, 0) is 21.3 Å². The third-order valence-corrected chi connectivity index (χ3v) is 5.48. The summed E-state index contributed by atoms with van der Waals surface area (Å²) >= 11 is 0. The van der Waals surface area contributed by atoms with Crippen LogP contribution in [0.25, 0.3) is 0 Å². The molecule has 1 aromatic carbocycles. The molecule has 0 aromatic heterocycles. The molecule has 0 radical (unpaired) electrons. The molecule has 128 valence electrons. The molecule has 0 amide bonds. The van der Waals surface area contributed by atoms with Crippen LogP contribution < -0.4 is 4.72 Å². The van der Waals surface area contributed by atoms with E-state index < -0.39 is 10.0 Å². The fourth-order valence-corrected chi connectivity index (χ4v) is 4.20. The van der Waals surface area contributed by atoms with Crippen LogP contribution >= 0.6 is 0 Å². The van der Waals surface area contributed by atoms with Crippen LogP contribution in [0.2, 0.25) is 0 Å². The van der Waals surface area contributed by atoms with E-state index in [0.717, 1.165) is 45.3 Å². The minimum atomic E-state index is -3.15.